The summed E-state index contributed by atoms with van der Waals surface area (Å²) in [4.78, 5) is 0. The minimum Gasteiger partial charge on any atom is -0.0620 e. The first kappa shape index (κ1) is 11.5. The van der Waals surface area contributed by atoms with Crippen LogP contribution >= 0.6 is 0 Å². The maximum absolute atomic E-state index is 2.39. The summed E-state index contributed by atoms with van der Waals surface area (Å²) >= 11 is 0. The maximum atomic E-state index is 2.39. The van der Waals surface area contributed by atoms with Crippen molar-refractivity contribution in [3.05, 3.63) is 70.8 Å². The van der Waals surface area contributed by atoms with Gasteiger partial charge in [-0.15, -0.1) is 0 Å². The van der Waals surface area contributed by atoms with Crippen molar-refractivity contribution in [2.75, 3.05) is 0 Å². The van der Waals surface area contributed by atoms with Gasteiger partial charge in [0.1, 0.15) is 0 Å². The zero-order valence-corrected chi connectivity index (χ0v) is 11.2. The first-order valence-electron chi connectivity index (χ1n) is 6.96. The maximum Gasteiger partial charge on any atom is 0.0121 e. The number of fused-ring (bicyclic) bond motifs is 1. The molecule has 0 N–H and O–H groups in total. The fraction of sp³-hybridized carbons (Fsp3) is 0.333. The Labute approximate surface area is 110 Å². The van der Waals surface area contributed by atoms with Crippen LogP contribution in [0.4, 0.5) is 0 Å². The van der Waals surface area contributed by atoms with Gasteiger partial charge in [-0.25, -0.2) is 0 Å². The highest BCUT2D eigenvalue weighted by Crippen LogP contribution is 2.42. The van der Waals surface area contributed by atoms with Crippen LogP contribution in [0.3, 0.4) is 0 Å². The summed E-state index contributed by atoms with van der Waals surface area (Å²) in [6.45, 7) is 4.61. The number of hydrogen-bond acceptors (Lipinski definition) is 0. The Kier molecular flexibility index (Phi) is 2.95. The van der Waals surface area contributed by atoms with E-state index in [4.69, 9.17) is 0 Å². The molecule has 0 saturated heterocycles. The molecule has 0 nitrogen and oxygen atoms in total. The van der Waals surface area contributed by atoms with E-state index < -0.39 is 0 Å². The highest BCUT2D eigenvalue weighted by Gasteiger charge is 2.30. The minimum absolute atomic E-state index is 0.590. The molecular formula is C18H20. The predicted octanol–water partition coefficient (Wildman–Crippen LogP) is 4.57. The normalized spacial score (nSPS) is 21.9. The van der Waals surface area contributed by atoms with E-state index in [1.807, 2.05) is 0 Å². The van der Waals surface area contributed by atoms with Crippen LogP contribution in [0, 0.1) is 5.92 Å². The average Bonchev–Trinajstić information content (AvgIpc) is 2.74. The molecule has 0 saturated carbocycles. The topological polar surface area (TPSA) is 0 Å². The molecule has 0 aliphatic heterocycles. The van der Waals surface area contributed by atoms with E-state index in [9.17, 15) is 0 Å². The van der Waals surface area contributed by atoms with Crippen LogP contribution in [0.2, 0.25) is 0 Å². The molecule has 0 aromatic heterocycles. The summed E-state index contributed by atoms with van der Waals surface area (Å²) in [7, 11) is 0. The lowest BCUT2D eigenvalue weighted by molar-refractivity contribution is 0.557. The van der Waals surface area contributed by atoms with Crippen molar-refractivity contribution in [1.29, 1.82) is 0 Å². The Bertz CT molecular complexity index is 553. The summed E-state index contributed by atoms with van der Waals surface area (Å²) < 4.78 is 0. The molecule has 2 unspecified atom stereocenters. The van der Waals surface area contributed by atoms with Crippen molar-refractivity contribution in [3.63, 3.8) is 0 Å². The van der Waals surface area contributed by atoms with E-state index in [0.29, 0.717) is 5.92 Å². The first-order valence-corrected chi connectivity index (χ1v) is 6.96. The lowest BCUT2D eigenvalue weighted by Gasteiger charge is -2.18. The number of aryl methyl sites for hydroxylation is 1. The standard InChI is InChI=1S/C18H20/c1-3-14-7-6-9-16(12-14)18-13(2)11-15-8-4-5-10-17(15)18/h4-10,12-13,18H,3,11H2,1-2H3. The van der Waals surface area contributed by atoms with Gasteiger partial charge in [0.15, 0.2) is 0 Å². The molecule has 0 bridgehead atoms. The second-order valence-electron chi connectivity index (χ2n) is 5.46. The molecule has 92 valence electrons. The zero-order valence-electron chi connectivity index (χ0n) is 11.2. The van der Waals surface area contributed by atoms with E-state index in [1.54, 1.807) is 5.56 Å². The van der Waals surface area contributed by atoms with Gasteiger partial charge in [0, 0.05) is 5.92 Å². The van der Waals surface area contributed by atoms with E-state index in [0.717, 1.165) is 12.3 Å². The molecule has 0 amide bonds. The van der Waals surface area contributed by atoms with Crippen molar-refractivity contribution < 1.29 is 0 Å². The van der Waals surface area contributed by atoms with Crippen LogP contribution in [-0.2, 0) is 12.8 Å². The lowest BCUT2D eigenvalue weighted by atomic mass is 9.86. The molecule has 0 heterocycles. The van der Waals surface area contributed by atoms with Gasteiger partial charge in [-0.05, 0) is 41.0 Å². The third-order valence-corrected chi connectivity index (χ3v) is 4.22. The average molecular weight is 236 g/mol. The Morgan fingerprint density at radius 1 is 1.06 bits per heavy atom. The summed E-state index contributed by atoms with van der Waals surface area (Å²) in [6.07, 6.45) is 2.34. The van der Waals surface area contributed by atoms with E-state index >= 15 is 0 Å². The van der Waals surface area contributed by atoms with Crippen molar-refractivity contribution in [2.45, 2.75) is 32.6 Å². The monoisotopic (exact) mass is 236 g/mol. The molecule has 3 rings (SSSR count). The third-order valence-electron chi connectivity index (χ3n) is 4.22. The minimum atomic E-state index is 0.590. The van der Waals surface area contributed by atoms with Crippen LogP contribution in [-0.4, -0.2) is 0 Å². The molecule has 2 aromatic rings. The molecule has 2 atom stereocenters. The van der Waals surface area contributed by atoms with Crippen molar-refractivity contribution >= 4 is 0 Å². The molecule has 1 aliphatic carbocycles. The number of hydrogen-bond donors (Lipinski definition) is 0. The predicted molar refractivity (Wildman–Crippen MR) is 77.0 cm³/mol. The second-order valence-corrected chi connectivity index (χ2v) is 5.46. The molecule has 1 aliphatic rings. The van der Waals surface area contributed by atoms with Gasteiger partial charge < -0.3 is 0 Å². The van der Waals surface area contributed by atoms with Crippen molar-refractivity contribution in [1.82, 2.24) is 0 Å². The highest BCUT2D eigenvalue weighted by molar-refractivity contribution is 5.44. The van der Waals surface area contributed by atoms with Crippen LogP contribution in [0.1, 0.15) is 42.0 Å². The van der Waals surface area contributed by atoms with Crippen LogP contribution in [0.15, 0.2) is 48.5 Å². The van der Waals surface area contributed by atoms with Crippen LogP contribution in [0.5, 0.6) is 0 Å². The SMILES string of the molecule is CCc1cccc(C2c3ccccc3CC2C)c1. The summed E-state index contributed by atoms with van der Waals surface area (Å²) in [5.41, 5.74) is 6.02. The lowest BCUT2D eigenvalue weighted by Crippen LogP contribution is -2.05. The van der Waals surface area contributed by atoms with Gasteiger partial charge in [0.2, 0.25) is 0 Å². The molecule has 0 heteroatoms. The second kappa shape index (κ2) is 4.61. The number of rotatable bonds is 2. The van der Waals surface area contributed by atoms with E-state index in [-0.39, 0.29) is 0 Å². The van der Waals surface area contributed by atoms with Crippen LogP contribution < -0.4 is 0 Å². The smallest absolute Gasteiger partial charge is 0.0121 e. The van der Waals surface area contributed by atoms with Crippen LogP contribution in [0.25, 0.3) is 0 Å². The Morgan fingerprint density at radius 2 is 1.89 bits per heavy atom. The van der Waals surface area contributed by atoms with Gasteiger partial charge in [-0.3, -0.25) is 0 Å². The molecule has 0 radical (unpaired) electrons. The first-order chi connectivity index (χ1) is 8.79. The van der Waals surface area contributed by atoms with Gasteiger partial charge in [0.25, 0.3) is 0 Å². The summed E-state index contributed by atoms with van der Waals surface area (Å²) in [6, 6.07) is 18.1. The van der Waals surface area contributed by atoms with Crippen molar-refractivity contribution in [2.24, 2.45) is 5.92 Å². The van der Waals surface area contributed by atoms with E-state index in [2.05, 4.69) is 62.4 Å². The third kappa shape index (κ3) is 1.86. The summed E-state index contributed by atoms with van der Waals surface area (Å²) in [5.74, 6) is 1.31. The molecule has 2 aromatic carbocycles. The largest absolute Gasteiger partial charge is 0.0620 e. The Hall–Kier alpha value is -1.56. The number of benzene rings is 2. The zero-order chi connectivity index (χ0) is 12.5. The molecular weight excluding hydrogens is 216 g/mol. The quantitative estimate of drug-likeness (QED) is 0.716. The molecule has 0 fully saturated rings. The fourth-order valence-electron chi connectivity index (χ4n) is 3.31. The Balaban J connectivity index is 2.06. The fourth-order valence-corrected chi connectivity index (χ4v) is 3.31. The Morgan fingerprint density at radius 3 is 2.72 bits per heavy atom. The molecule has 0 spiro atoms. The van der Waals surface area contributed by atoms with Gasteiger partial charge in [-0.1, -0.05) is 62.4 Å². The van der Waals surface area contributed by atoms with Crippen molar-refractivity contribution in [3.8, 4) is 0 Å². The van der Waals surface area contributed by atoms with Gasteiger partial charge in [0.05, 0.1) is 0 Å². The van der Waals surface area contributed by atoms with Gasteiger partial charge >= 0.3 is 0 Å². The summed E-state index contributed by atoms with van der Waals surface area (Å²) in [5, 5.41) is 0. The van der Waals surface area contributed by atoms with E-state index in [1.165, 1.54) is 23.1 Å². The van der Waals surface area contributed by atoms with Gasteiger partial charge in [-0.2, -0.15) is 0 Å². The highest BCUT2D eigenvalue weighted by atomic mass is 14.3. The molecule has 18 heavy (non-hydrogen) atoms.